The quantitative estimate of drug-likeness (QED) is 0.790. The number of carbonyl (C=O) groups is 1. The first kappa shape index (κ1) is 13.5. The fourth-order valence-corrected chi connectivity index (χ4v) is 3.47. The molecule has 1 fully saturated rings. The van der Waals surface area contributed by atoms with E-state index < -0.39 is 0 Å². The van der Waals surface area contributed by atoms with Crippen molar-refractivity contribution in [1.82, 2.24) is 14.8 Å². The smallest absolute Gasteiger partial charge is 0.308 e. The lowest BCUT2D eigenvalue weighted by molar-refractivity contribution is -0.147. The number of aromatic nitrogens is 3. The first-order chi connectivity index (χ1) is 9.70. The Balaban J connectivity index is 1.93. The molecule has 6 heteroatoms. The predicted octanol–water partition coefficient (Wildman–Crippen LogP) is 3.10. The van der Waals surface area contributed by atoms with Crippen molar-refractivity contribution in [3.63, 3.8) is 0 Å². The number of fused-ring (bicyclic) bond motifs is 1. The molecule has 2 atom stereocenters. The van der Waals surface area contributed by atoms with Gasteiger partial charge in [0.15, 0.2) is 0 Å². The van der Waals surface area contributed by atoms with E-state index in [1.54, 1.807) is 6.20 Å². The molecule has 3 rings (SSSR count). The fraction of sp³-hybridized carbons (Fsp3) is 0.500. The lowest BCUT2D eigenvalue weighted by atomic mass is 9.86. The van der Waals surface area contributed by atoms with E-state index in [1.807, 2.05) is 16.9 Å². The van der Waals surface area contributed by atoms with E-state index in [1.165, 1.54) is 7.11 Å². The molecule has 0 N–H and O–H groups in total. The highest BCUT2D eigenvalue weighted by Crippen LogP contribution is 2.36. The molecule has 5 nitrogen and oxygen atoms in total. The highest BCUT2D eigenvalue weighted by Gasteiger charge is 2.30. The Labute approximate surface area is 125 Å². The Bertz CT molecular complexity index is 640. The molecule has 0 saturated heterocycles. The summed E-state index contributed by atoms with van der Waals surface area (Å²) in [5.41, 5.74) is 1.06. The second-order valence-electron chi connectivity index (χ2n) is 5.17. The first-order valence-corrected chi connectivity index (χ1v) is 7.55. The van der Waals surface area contributed by atoms with Gasteiger partial charge in [-0.05, 0) is 41.3 Å². The van der Waals surface area contributed by atoms with Gasteiger partial charge in [-0.15, -0.1) is 0 Å². The minimum atomic E-state index is -0.105. The average Bonchev–Trinajstić information content (AvgIpc) is 2.84. The van der Waals surface area contributed by atoms with Crippen LogP contribution in [0.15, 0.2) is 23.1 Å². The van der Waals surface area contributed by atoms with Crippen molar-refractivity contribution in [1.29, 1.82) is 0 Å². The lowest BCUT2D eigenvalue weighted by Crippen LogP contribution is -2.26. The van der Waals surface area contributed by atoms with Crippen molar-refractivity contribution < 1.29 is 9.53 Å². The van der Waals surface area contributed by atoms with Crippen LogP contribution in [0.1, 0.15) is 31.7 Å². The van der Waals surface area contributed by atoms with Gasteiger partial charge in [-0.2, -0.15) is 5.10 Å². The van der Waals surface area contributed by atoms with E-state index in [4.69, 9.17) is 4.74 Å². The molecule has 0 bridgehead atoms. The summed E-state index contributed by atoms with van der Waals surface area (Å²) < 4.78 is 7.71. The van der Waals surface area contributed by atoms with Gasteiger partial charge in [0.2, 0.25) is 0 Å². The Morgan fingerprint density at radius 2 is 2.35 bits per heavy atom. The van der Waals surface area contributed by atoms with Crippen LogP contribution in [0.2, 0.25) is 0 Å². The van der Waals surface area contributed by atoms with Gasteiger partial charge in [-0.1, -0.05) is 6.42 Å². The number of nitrogens with zero attached hydrogens (tertiary/aromatic N) is 3. The molecule has 2 aromatic rings. The van der Waals surface area contributed by atoms with E-state index in [0.29, 0.717) is 0 Å². The van der Waals surface area contributed by atoms with E-state index >= 15 is 0 Å². The first-order valence-electron chi connectivity index (χ1n) is 6.76. The summed E-state index contributed by atoms with van der Waals surface area (Å²) in [6.45, 7) is 0. The molecule has 0 radical (unpaired) electrons. The van der Waals surface area contributed by atoms with Crippen LogP contribution >= 0.6 is 15.9 Å². The molecule has 2 aromatic heterocycles. The minimum absolute atomic E-state index is 0.0152. The van der Waals surface area contributed by atoms with E-state index in [2.05, 4.69) is 26.0 Å². The normalized spacial score (nSPS) is 22.9. The van der Waals surface area contributed by atoms with Crippen LogP contribution in [0.3, 0.4) is 0 Å². The van der Waals surface area contributed by atoms with Crippen LogP contribution in [-0.2, 0) is 9.53 Å². The van der Waals surface area contributed by atoms with Crippen LogP contribution < -0.4 is 0 Å². The van der Waals surface area contributed by atoms with Crippen molar-refractivity contribution in [2.24, 2.45) is 5.92 Å². The third-order valence-electron chi connectivity index (χ3n) is 3.99. The van der Waals surface area contributed by atoms with Gasteiger partial charge in [-0.3, -0.25) is 14.5 Å². The summed E-state index contributed by atoms with van der Waals surface area (Å²) in [7, 11) is 1.46. The van der Waals surface area contributed by atoms with Gasteiger partial charge in [0, 0.05) is 12.4 Å². The second kappa shape index (κ2) is 5.52. The Morgan fingerprint density at radius 3 is 3.15 bits per heavy atom. The number of pyridine rings is 1. The maximum Gasteiger partial charge on any atom is 0.308 e. The van der Waals surface area contributed by atoms with E-state index in [-0.39, 0.29) is 17.9 Å². The summed E-state index contributed by atoms with van der Waals surface area (Å²) in [5, 5.41) is 5.58. The zero-order chi connectivity index (χ0) is 14.1. The monoisotopic (exact) mass is 337 g/mol. The van der Waals surface area contributed by atoms with E-state index in [9.17, 15) is 4.79 Å². The third kappa shape index (κ3) is 2.32. The number of hydrogen-bond acceptors (Lipinski definition) is 4. The Kier molecular flexibility index (Phi) is 3.74. The second-order valence-corrected chi connectivity index (χ2v) is 5.92. The van der Waals surface area contributed by atoms with Gasteiger partial charge in [-0.25, -0.2) is 0 Å². The third-order valence-corrected chi connectivity index (χ3v) is 4.58. The molecule has 106 valence electrons. The number of halogens is 1. The molecule has 1 aliphatic rings. The van der Waals surface area contributed by atoms with Crippen molar-refractivity contribution in [3.8, 4) is 0 Å². The molecule has 0 aromatic carbocycles. The molecular weight excluding hydrogens is 322 g/mol. The topological polar surface area (TPSA) is 57.0 Å². The van der Waals surface area contributed by atoms with Gasteiger partial charge in [0.05, 0.1) is 30.0 Å². The summed E-state index contributed by atoms with van der Waals surface area (Å²) in [6.07, 6.45) is 7.34. The highest BCUT2D eigenvalue weighted by molar-refractivity contribution is 9.10. The molecule has 0 amide bonds. The maximum absolute atomic E-state index is 11.7. The van der Waals surface area contributed by atoms with Crippen LogP contribution in [0.25, 0.3) is 10.9 Å². The number of carbonyl (C=O) groups excluding carboxylic acids is 1. The largest absolute Gasteiger partial charge is 0.469 e. The summed E-state index contributed by atoms with van der Waals surface area (Å²) >= 11 is 3.48. The zero-order valence-electron chi connectivity index (χ0n) is 11.3. The summed E-state index contributed by atoms with van der Waals surface area (Å²) in [4.78, 5) is 15.9. The van der Waals surface area contributed by atoms with Crippen molar-refractivity contribution in [2.75, 3.05) is 7.11 Å². The summed E-state index contributed by atoms with van der Waals surface area (Å²) in [5.74, 6) is -0.120. The lowest BCUT2D eigenvalue weighted by Gasteiger charge is -2.28. The average molecular weight is 338 g/mol. The molecule has 2 heterocycles. The Morgan fingerprint density at radius 1 is 1.50 bits per heavy atom. The van der Waals surface area contributed by atoms with Gasteiger partial charge in [0.1, 0.15) is 4.60 Å². The van der Waals surface area contributed by atoms with Crippen LogP contribution in [-0.4, -0.2) is 27.8 Å². The number of rotatable bonds is 2. The van der Waals surface area contributed by atoms with Crippen LogP contribution in [0.5, 0.6) is 0 Å². The predicted molar refractivity (Wildman–Crippen MR) is 78.2 cm³/mol. The van der Waals surface area contributed by atoms with Crippen LogP contribution in [0, 0.1) is 5.92 Å². The minimum Gasteiger partial charge on any atom is -0.469 e. The van der Waals surface area contributed by atoms with E-state index in [0.717, 1.165) is 41.2 Å². The molecule has 1 saturated carbocycles. The molecule has 0 spiro atoms. The number of methoxy groups -OCH3 is 1. The molecule has 0 unspecified atom stereocenters. The summed E-state index contributed by atoms with van der Waals surface area (Å²) in [6, 6.07) is 2.21. The zero-order valence-corrected chi connectivity index (χ0v) is 12.8. The number of hydrogen-bond donors (Lipinski definition) is 0. The van der Waals surface area contributed by atoms with Gasteiger partial charge < -0.3 is 4.74 Å². The van der Waals surface area contributed by atoms with Gasteiger partial charge in [0.25, 0.3) is 0 Å². The van der Waals surface area contributed by atoms with Crippen molar-refractivity contribution in [2.45, 2.75) is 31.7 Å². The number of ether oxygens (including phenoxy) is 1. The van der Waals surface area contributed by atoms with Crippen LogP contribution in [0.4, 0.5) is 0 Å². The molecule has 0 aliphatic heterocycles. The highest BCUT2D eigenvalue weighted by atomic mass is 79.9. The number of esters is 1. The van der Waals surface area contributed by atoms with Crippen molar-refractivity contribution in [3.05, 3.63) is 23.1 Å². The maximum atomic E-state index is 11.7. The molecule has 20 heavy (non-hydrogen) atoms. The molecular formula is C14H16BrN3O2. The standard InChI is InChI=1S/C14H16BrN3O2/c1-20-14(19)9-3-2-4-10(7-9)18-12-5-6-16-8-11(12)13(15)17-18/h5-6,8-10H,2-4,7H2,1H3/t9-,10-/m1/s1. The van der Waals surface area contributed by atoms with Crippen molar-refractivity contribution >= 4 is 32.8 Å². The Hall–Kier alpha value is -1.43. The fourth-order valence-electron chi connectivity index (χ4n) is 2.99. The SMILES string of the molecule is COC(=O)[C@@H]1CCC[C@@H](n2nc(Br)c3cnccc32)C1. The molecule has 1 aliphatic carbocycles. The van der Waals surface area contributed by atoms with Gasteiger partial charge >= 0.3 is 5.97 Å².